The molecule has 122 valence electrons. The summed E-state index contributed by atoms with van der Waals surface area (Å²) in [7, 11) is 0. The first-order chi connectivity index (χ1) is 11.0. The van der Waals surface area contributed by atoms with Crippen molar-refractivity contribution >= 4 is 17.8 Å². The van der Waals surface area contributed by atoms with Crippen LogP contribution in [0.2, 0.25) is 0 Å². The molecule has 0 saturated heterocycles. The van der Waals surface area contributed by atoms with Crippen LogP contribution in [0.1, 0.15) is 35.2 Å². The van der Waals surface area contributed by atoms with Crippen LogP contribution in [-0.4, -0.2) is 28.1 Å². The number of carboxylic acid groups (broad SMARTS) is 2. The highest BCUT2D eigenvalue weighted by molar-refractivity contribution is 5.88. The quantitative estimate of drug-likeness (QED) is 0.767. The summed E-state index contributed by atoms with van der Waals surface area (Å²) in [6.07, 6.45) is 2.67. The van der Waals surface area contributed by atoms with Crippen molar-refractivity contribution in [2.75, 3.05) is 0 Å². The van der Waals surface area contributed by atoms with E-state index in [0.29, 0.717) is 0 Å². The average molecular weight is 317 g/mol. The lowest BCUT2D eigenvalue weighted by atomic mass is 9.78. The zero-order valence-corrected chi connectivity index (χ0v) is 12.6. The summed E-state index contributed by atoms with van der Waals surface area (Å²) in [6.45, 7) is 0.277. The van der Waals surface area contributed by atoms with Crippen molar-refractivity contribution < 1.29 is 24.6 Å². The van der Waals surface area contributed by atoms with Crippen LogP contribution >= 0.6 is 0 Å². The molecule has 4 atom stereocenters. The van der Waals surface area contributed by atoms with E-state index in [9.17, 15) is 19.5 Å². The van der Waals surface area contributed by atoms with E-state index in [2.05, 4.69) is 5.32 Å². The number of aromatic carboxylic acids is 1. The lowest BCUT2D eigenvalue weighted by Crippen LogP contribution is -2.41. The second-order valence-corrected chi connectivity index (χ2v) is 6.44. The number of hydrogen-bond acceptors (Lipinski definition) is 3. The number of amides is 1. The molecule has 0 radical (unpaired) electrons. The predicted octanol–water partition coefficient (Wildman–Crippen LogP) is 1.75. The van der Waals surface area contributed by atoms with Gasteiger partial charge in [-0.2, -0.15) is 0 Å². The first-order valence-corrected chi connectivity index (χ1v) is 7.80. The van der Waals surface area contributed by atoms with Crippen molar-refractivity contribution in [3.8, 4) is 0 Å². The molecule has 1 amide bonds. The summed E-state index contributed by atoms with van der Waals surface area (Å²) in [4.78, 5) is 34.7. The molecular formula is C17H19NO5. The van der Waals surface area contributed by atoms with Crippen molar-refractivity contribution in [3.05, 3.63) is 35.4 Å². The fraction of sp³-hybridized carbons (Fsp3) is 0.471. The molecule has 2 fully saturated rings. The molecule has 1 aromatic rings. The fourth-order valence-corrected chi connectivity index (χ4v) is 4.10. The van der Waals surface area contributed by atoms with Gasteiger partial charge in [0.25, 0.3) is 0 Å². The number of rotatable bonds is 5. The molecule has 2 saturated carbocycles. The van der Waals surface area contributed by atoms with Gasteiger partial charge >= 0.3 is 11.9 Å². The van der Waals surface area contributed by atoms with Gasteiger partial charge in [0.1, 0.15) is 0 Å². The van der Waals surface area contributed by atoms with E-state index >= 15 is 0 Å². The van der Waals surface area contributed by atoms with Crippen LogP contribution in [0.15, 0.2) is 24.3 Å². The molecule has 2 aliphatic carbocycles. The van der Waals surface area contributed by atoms with Crippen LogP contribution < -0.4 is 5.32 Å². The van der Waals surface area contributed by atoms with Gasteiger partial charge in [-0.05, 0) is 48.8 Å². The van der Waals surface area contributed by atoms with E-state index < -0.39 is 23.8 Å². The Balaban J connectivity index is 1.63. The molecule has 0 heterocycles. The molecule has 6 heteroatoms. The van der Waals surface area contributed by atoms with E-state index in [0.717, 1.165) is 24.8 Å². The van der Waals surface area contributed by atoms with Crippen molar-refractivity contribution in [1.29, 1.82) is 0 Å². The Bertz CT molecular complexity index is 639. The van der Waals surface area contributed by atoms with Crippen LogP contribution in [0.4, 0.5) is 0 Å². The van der Waals surface area contributed by atoms with Gasteiger partial charge in [0, 0.05) is 6.54 Å². The van der Waals surface area contributed by atoms with E-state index in [1.807, 2.05) is 0 Å². The molecule has 2 aliphatic rings. The minimum atomic E-state index is -0.994. The highest BCUT2D eigenvalue weighted by Gasteiger charge is 2.53. The molecule has 0 spiro atoms. The number of fused-ring (bicyclic) bond motifs is 2. The molecule has 0 unspecified atom stereocenters. The largest absolute Gasteiger partial charge is 0.481 e. The summed E-state index contributed by atoms with van der Waals surface area (Å²) in [6, 6.07) is 6.28. The van der Waals surface area contributed by atoms with Gasteiger partial charge in [-0.1, -0.05) is 12.1 Å². The van der Waals surface area contributed by atoms with Gasteiger partial charge in [-0.25, -0.2) is 4.79 Å². The summed E-state index contributed by atoms with van der Waals surface area (Å²) in [5.74, 6) is -2.77. The summed E-state index contributed by atoms with van der Waals surface area (Å²) >= 11 is 0. The number of carbonyl (C=O) groups is 3. The molecule has 1 aromatic carbocycles. The number of carbonyl (C=O) groups excluding carboxylic acids is 1. The van der Waals surface area contributed by atoms with E-state index in [-0.39, 0.29) is 29.9 Å². The number of carboxylic acids is 2. The molecule has 6 nitrogen and oxygen atoms in total. The third kappa shape index (κ3) is 2.93. The van der Waals surface area contributed by atoms with Gasteiger partial charge in [0.2, 0.25) is 5.91 Å². The van der Waals surface area contributed by atoms with Crippen molar-refractivity contribution in [2.24, 2.45) is 23.7 Å². The Morgan fingerprint density at radius 1 is 1.00 bits per heavy atom. The number of aliphatic carboxylic acids is 1. The van der Waals surface area contributed by atoms with Gasteiger partial charge < -0.3 is 15.5 Å². The Morgan fingerprint density at radius 3 is 2.17 bits per heavy atom. The molecule has 0 aromatic heterocycles. The topological polar surface area (TPSA) is 104 Å². The predicted molar refractivity (Wildman–Crippen MR) is 80.7 cm³/mol. The zero-order chi connectivity index (χ0) is 16.6. The average Bonchev–Trinajstić information content (AvgIpc) is 3.13. The van der Waals surface area contributed by atoms with Gasteiger partial charge in [-0.3, -0.25) is 9.59 Å². The lowest BCUT2D eigenvalue weighted by molar-refractivity contribution is -0.149. The summed E-state index contributed by atoms with van der Waals surface area (Å²) in [5, 5.41) is 21.1. The number of nitrogens with one attached hydrogen (secondary N) is 1. The Labute approximate surface area is 133 Å². The minimum Gasteiger partial charge on any atom is -0.481 e. The van der Waals surface area contributed by atoms with Crippen molar-refractivity contribution in [1.82, 2.24) is 5.32 Å². The van der Waals surface area contributed by atoms with Crippen LogP contribution in [0.3, 0.4) is 0 Å². The van der Waals surface area contributed by atoms with Crippen molar-refractivity contribution in [2.45, 2.75) is 25.8 Å². The van der Waals surface area contributed by atoms with Crippen LogP contribution in [0.5, 0.6) is 0 Å². The third-order valence-corrected chi connectivity index (χ3v) is 5.17. The van der Waals surface area contributed by atoms with Gasteiger partial charge in [0.05, 0.1) is 17.4 Å². The number of hydrogen-bond donors (Lipinski definition) is 3. The highest BCUT2D eigenvalue weighted by Crippen LogP contribution is 2.52. The van der Waals surface area contributed by atoms with E-state index in [1.54, 1.807) is 12.1 Å². The molecule has 0 aliphatic heterocycles. The second kappa shape index (κ2) is 6.02. The van der Waals surface area contributed by atoms with Crippen LogP contribution in [0, 0.1) is 23.7 Å². The Hall–Kier alpha value is -2.37. The Morgan fingerprint density at radius 2 is 1.61 bits per heavy atom. The summed E-state index contributed by atoms with van der Waals surface area (Å²) < 4.78 is 0. The molecule has 23 heavy (non-hydrogen) atoms. The maximum atomic E-state index is 12.4. The summed E-state index contributed by atoms with van der Waals surface area (Å²) in [5.41, 5.74) is 0.984. The monoisotopic (exact) mass is 317 g/mol. The first kappa shape index (κ1) is 15.5. The maximum absolute atomic E-state index is 12.4. The third-order valence-electron chi connectivity index (χ3n) is 5.17. The van der Waals surface area contributed by atoms with Crippen LogP contribution in [0.25, 0.3) is 0 Å². The normalized spacial score (nSPS) is 28.5. The highest BCUT2D eigenvalue weighted by atomic mass is 16.4. The van der Waals surface area contributed by atoms with E-state index in [1.165, 1.54) is 12.1 Å². The minimum absolute atomic E-state index is 0.128. The second-order valence-electron chi connectivity index (χ2n) is 6.44. The van der Waals surface area contributed by atoms with Gasteiger partial charge in [0.15, 0.2) is 0 Å². The molecule has 3 N–H and O–H groups in total. The van der Waals surface area contributed by atoms with Crippen LogP contribution in [-0.2, 0) is 16.1 Å². The SMILES string of the molecule is O=C(O)c1ccc(CNC(=O)[C@@H]2[C@@H]3CC[C@@H](C3)[C@@H]2C(=O)O)cc1. The standard InChI is InChI=1S/C17H19NO5/c19-15(13-11-5-6-12(7-11)14(13)17(22)23)18-8-9-1-3-10(4-2-9)16(20)21/h1-4,11-14H,5-8H2,(H,18,19)(H,20,21)(H,22,23)/t11-,12+,13-,14+/m1/s1. The smallest absolute Gasteiger partial charge is 0.335 e. The maximum Gasteiger partial charge on any atom is 0.335 e. The number of benzene rings is 1. The fourth-order valence-electron chi connectivity index (χ4n) is 4.10. The lowest BCUT2D eigenvalue weighted by Gasteiger charge is -2.27. The van der Waals surface area contributed by atoms with E-state index in [4.69, 9.17) is 5.11 Å². The zero-order valence-electron chi connectivity index (χ0n) is 12.6. The van der Waals surface area contributed by atoms with Gasteiger partial charge in [-0.15, -0.1) is 0 Å². The molecule has 2 bridgehead atoms. The first-order valence-electron chi connectivity index (χ1n) is 7.80. The molecule has 3 rings (SSSR count). The Kier molecular flexibility index (Phi) is 4.07. The molecular weight excluding hydrogens is 298 g/mol. The van der Waals surface area contributed by atoms with Crippen molar-refractivity contribution in [3.63, 3.8) is 0 Å².